The molecule has 66 valence electrons. The second-order valence-corrected chi connectivity index (χ2v) is 3.85. The highest BCUT2D eigenvalue weighted by molar-refractivity contribution is 14.1. The summed E-state index contributed by atoms with van der Waals surface area (Å²) in [5.41, 5.74) is 5.47. The number of pyridine rings is 1. The molecule has 0 fully saturated rings. The molecule has 1 heterocycles. The van der Waals surface area contributed by atoms with Crippen molar-refractivity contribution in [3.05, 3.63) is 19.9 Å². The van der Waals surface area contributed by atoms with E-state index in [1.54, 1.807) is 22.6 Å². The molecular weight excluding hydrogens is 345 g/mol. The van der Waals surface area contributed by atoms with Gasteiger partial charge in [-0.3, -0.25) is 0 Å². The standard InChI is InChI=1S/C6H4BrF2IN2/c7-4-2(11)1-12-6(10)3(4)5(8)9/h1,5H,11H2. The lowest BCUT2D eigenvalue weighted by Crippen LogP contribution is -1.99. The molecule has 1 aromatic heterocycles. The Morgan fingerprint density at radius 1 is 1.58 bits per heavy atom. The SMILES string of the molecule is Nc1cnc(I)c(C(F)F)c1Br. The van der Waals surface area contributed by atoms with Crippen molar-refractivity contribution in [3.8, 4) is 0 Å². The average Bonchev–Trinajstić information content (AvgIpc) is 1.97. The Bertz CT molecular complexity index is 306. The predicted molar refractivity (Wildman–Crippen MR) is 54.0 cm³/mol. The Labute approximate surface area is 89.8 Å². The summed E-state index contributed by atoms with van der Waals surface area (Å²) in [7, 11) is 0. The molecule has 1 rings (SSSR count). The largest absolute Gasteiger partial charge is 0.397 e. The molecule has 0 aliphatic carbocycles. The molecule has 1 aromatic rings. The topological polar surface area (TPSA) is 38.9 Å². The fraction of sp³-hybridized carbons (Fsp3) is 0.167. The van der Waals surface area contributed by atoms with Gasteiger partial charge in [-0.25, -0.2) is 13.8 Å². The van der Waals surface area contributed by atoms with Gasteiger partial charge in [0.2, 0.25) is 0 Å². The number of hydrogen-bond donors (Lipinski definition) is 1. The van der Waals surface area contributed by atoms with Gasteiger partial charge >= 0.3 is 0 Å². The van der Waals surface area contributed by atoms with Crippen LogP contribution in [0.15, 0.2) is 10.7 Å². The fourth-order valence-corrected chi connectivity index (χ4v) is 2.16. The highest BCUT2D eigenvalue weighted by Crippen LogP contribution is 2.33. The van der Waals surface area contributed by atoms with Gasteiger partial charge in [-0.05, 0) is 38.5 Å². The summed E-state index contributed by atoms with van der Waals surface area (Å²) < 4.78 is 25.2. The van der Waals surface area contributed by atoms with E-state index in [9.17, 15) is 8.78 Å². The van der Waals surface area contributed by atoms with Crippen molar-refractivity contribution in [2.75, 3.05) is 5.73 Å². The molecule has 2 nitrogen and oxygen atoms in total. The molecule has 0 aromatic carbocycles. The number of nitrogens with zero attached hydrogens (tertiary/aromatic N) is 1. The van der Waals surface area contributed by atoms with Crippen LogP contribution in [-0.4, -0.2) is 4.98 Å². The van der Waals surface area contributed by atoms with Gasteiger partial charge in [-0.15, -0.1) is 0 Å². The van der Waals surface area contributed by atoms with Crippen LogP contribution in [0.5, 0.6) is 0 Å². The first kappa shape index (κ1) is 10.1. The summed E-state index contributed by atoms with van der Waals surface area (Å²) in [6.45, 7) is 0. The van der Waals surface area contributed by atoms with E-state index in [1.165, 1.54) is 6.20 Å². The summed E-state index contributed by atoms with van der Waals surface area (Å²) in [4.78, 5) is 3.71. The minimum atomic E-state index is -2.55. The van der Waals surface area contributed by atoms with Crippen molar-refractivity contribution in [2.45, 2.75) is 6.43 Å². The van der Waals surface area contributed by atoms with Crippen LogP contribution < -0.4 is 5.73 Å². The molecule has 0 aliphatic rings. The molecule has 6 heteroatoms. The Hall–Kier alpha value is 0.0200. The number of rotatable bonds is 1. The number of nitrogen functional groups attached to an aromatic ring is 1. The van der Waals surface area contributed by atoms with Crippen LogP contribution in [0.25, 0.3) is 0 Å². The number of nitrogens with two attached hydrogens (primary N) is 1. The Morgan fingerprint density at radius 2 is 2.17 bits per heavy atom. The maximum absolute atomic E-state index is 12.3. The zero-order chi connectivity index (χ0) is 9.30. The van der Waals surface area contributed by atoms with Crippen LogP contribution >= 0.6 is 38.5 Å². The smallest absolute Gasteiger partial charge is 0.267 e. The van der Waals surface area contributed by atoms with E-state index in [0.29, 0.717) is 0 Å². The van der Waals surface area contributed by atoms with Gasteiger partial charge in [-0.2, -0.15) is 0 Å². The molecule has 0 atom stereocenters. The predicted octanol–water partition coefficient (Wildman–Crippen LogP) is 2.97. The number of hydrogen-bond acceptors (Lipinski definition) is 2. The van der Waals surface area contributed by atoms with Crippen molar-refractivity contribution in [1.82, 2.24) is 4.98 Å². The summed E-state index contributed by atoms with van der Waals surface area (Å²) >= 11 is 4.72. The molecule has 0 aliphatic heterocycles. The summed E-state index contributed by atoms with van der Waals surface area (Å²) in [6.07, 6.45) is -1.21. The maximum atomic E-state index is 12.3. The van der Waals surface area contributed by atoms with E-state index in [1.807, 2.05) is 0 Å². The summed E-state index contributed by atoms with van der Waals surface area (Å²) in [6, 6.07) is 0. The lowest BCUT2D eigenvalue weighted by molar-refractivity contribution is 0.149. The van der Waals surface area contributed by atoms with Gasteiger partial charge in [0.15, 0.2) is 0 Å². The maximum Gasteiger partial charge on any atom is 0.267 e. The molecular formula is C6H4BrF2IN2. The van der Waals surface area contributed by atoms with Crippen molar-refractivity contribution in [2.24, 2.45) is 0 Å². The van der Waals surface area contributed by atoms with E-state index >= 15 is 0 Å². The molecule has 12 heavy (non-hydrogen) atoms. The van der Waals surface area contributed by atoms with Gasteiger partial charge in [-0.1, -0.05) is 0 Å². The second-order valence-electron chi connectivity index (χ2n) is 2.03. The molecule has 0 radical (unpaired) electrons. The van der Waals surface area contributed by atoms with Gasteiger partial charge in [0.05, 0.1) is 21.9 Å². The minimum Gasteiger partial charge on any atom is -0.397 e. The third-order valence-electron chi connectivity index (χ3n) is 1.25. The van der Waals surface area contributed by atoms with Crippen LogP contribution in [0.1, 0.15) is 12.0 Å². The van der Waals surface area contributed by atoms with Crippen molar-refractivity contribution >= 4 is 44.2 Å². The van der Waals surface area contributed by atoms with Gasteiger partial charge in [0, 0.05) is 0 Å². The van der Waals surface area contributed by atoms with Crippen LogP contribution in [-0.2, 0) is 0 Å². The van der Waals surface area contributed by atoms with Gasteiger partial charge in [0.25, 0.3) is 6.43 Å². The Balaban J connectivity index is 3.33. The van der Waals surface area contributed by atoms with Crippen LogP contribution in [0, 0.1) is 3.70 Å². The molecule has 0 saturated heterocycles. The second kappa shape index (κ2) is 3.82. The van der Waals surface area contributed by atoms with E-state index < -0.39 is 6.43 Å². The first-order valence-electron chi connectivity index (χ1n) is 2.91. The lowest BCUT2D eigenvalue weighted by atomic mass is 10.3. The Kier molecular flexibility index (Phi) is 3.22. The van der Waals surface area contributed by atoms with Crippen LogP contribution in [0.2, 0.25) is 0 Å². The molecule has 0 unspecified atom stereocenters. The zero-order valence-electron chi connectivity index (χ0n) is 5.69. The molecule has 0 bridgehead atoms. The number of alkyl halides is 2. The van der Waals surface area contributed by atoms with Crippen molar-refractivity contribution in [3.63, 3.8) is 0 Å². The monoisotopic (exact) mass is 348 g/mol. The molecule has 0 amide bonds. The van der Waals surface area contributed by atoms with Crippen molar-refractivity contribution < 1.29 is 8.78 Å². The highest BCUT2D eigenvalue weighted by Gasteiger charge is 2.18. The van der Waals surface area contributed by atoms with E-state index in [-0.39, 0.29) is 19.4 Å². The highest BCUT2D eigenvalue weighted by atomic mass is 127. The fourth-order valence-electron chi connectivity index (χ4n) is 0.684. The number of anilines is 1. The minimum absolute atomic E-state index is 0.143. The number of aromatic nitrogens is 1. The van der Waals surface area contributed by atoms with E-state index in [0.717, 1.165) is 0 Å². The summed E-state index contributed by atoms with van der Waals surface area (Å²) in [5, 5.41) is 0. The van der Waals surface area contributed by atoms with E-state index in [2.05, 4.69) is 20.9 Å². The third-order valence-corrected chi connectivity index (χ3v) is 2.99. The van der Waals surface area contributed by atoms with E-state index in [4.69, 9.17) is 5.73 Å². The van der Waals surface area contributed by atoms with Crippen LogP contribution in [0.3, 0.4) is 0 Å². The third kappa shape index (κ3) is 1.85. The average molecular weight is 349 g/mol. The van der Waals surface area contributed by atoms with Crippen LogP contribution in [0.4, 0.5) is 14.5 Å². The first-order chi connectivity index (χ1) is 5.54. The first-order valence-corrected chi connectivity index (χ1v) is 4.78. The van der Waals surface area contributed by atoms with Crippen molar-refractivity contribution in [1.29, 1.82) is 0 Å². The molecule has 2 N–H and O–H groups in total. The lowest BCUT2D eigenvalue weighted by Gasteiger charge is -2.06. The normalized spacial score (nSPS) is 10.8. The van der Waals surface area contributed by atoms with Gasteiger partial charge < -0.3 is 5.73 Å². The Morgan fingerprint density at radius 3 is 2.58 bits per heavy atom. The molecule has 0 spiro atoms. The summed E-state index contributed by atoms with van der Waals surface area (Å²) in [5.74, 6) is 0. The quantitative estimate of drug-likeness (QED) is 0.626. The number of halogens is 4. The molecule has 0 saturated carbocycles. The zero-order valence-corrected chi connectivity index (χ0v) is 9.43. The van der Waals surface area contributed by atoms with Gasteiger partial charge in [0.1, 0.15) is 3.70 Å².